The zero-order valence-electron chi connectivity index (χ0n) is 17.3. The molecule has 1 atom stereocenters. The van der Waals surface area contributed by atoms with Gasteiger partial charge in [-0.15, -0.1) is 0 Å². The summed E-state index contributed by atoms with van der Waals surface area (Å²) in [6.07, 6.45) is 5.65. The summed E-state index contributed by atoms with van der Waals surface area (Å²) in [5, 5.41) is 13.3. The van der Waals surface area contributed by atoms with Crippen molar-refractivity contribution < 1.29 is 14.4 Å². The second-order valence-corrected chi connectivity index (χ2v) is 8.52. The molecular formula is C22H23ClN4O3S. The van der Waals surface area contributed by atoms with E-state index in [9.17, 15) is 4.79 Å². The molecule has 3 aromatic rings. The van der Waals surface area contributed by atoms with Gasteiger partial charge in [0, 0.05) is 30.0 Å². The Morgan fingerprint density at radius 3 is 2.77 bits per heavy atom. The minimum Gasteiger partial charge on any atom is -0.478 e. The summed E-state index contributed by atoms with van der Waals surface area (Å²) < 4.78 is 8.87. The van der Waals surface area contributed by atoms with E-state index in [1.54, 1.807) is 6.07 Å². The van der Waals surface area contributed by atoms with Crippen LogP contribution in [0, 0.1) is 0 Å². The molecule has 0 spiro atoms. The molecule has 0 amide bonds. The first-order valence-electron chi connectivity index (χ1n) is 10.0. The average molecular weight is 459 g/mol. The summed E-state index contributed by atoms with van der Waals surface area (Å²) in [7, 11) is 0. The molecule has 1 saturated heterocycles. The fourth-order valence-corrected chi connectivity index (χ4v) is 4.50. The Morgan fingerprint density at radius 2 is 2.06 bits per heavy atom. The summed E-state index contributed by atoms with van der Waals surface area (Å²) in [5.41, 5.74) is 3.60. The highest BCUT2D eigenvalue weighted by Gasteiger charge is 2.22. The molecule has 162 valence electrons. The van der Waals surface area contributed by atoms with Crippen molar-refractivity contribution in [3.05, 3.63) is 47.0 Å². The van der Waals surface area contributed by atoms with E-state index < -0.39 is 5.97 Å². The molecule has 2 N–H and O–H groups in total. The van der Waals surface area contributed by atoms with Gasteiger partial charge in [0.15, 0.2) is 0 Å². The van der Waals surface area contributed by atoms with Gasteiger partial charge in [-0.05, 0) is 56.5 Å². The van der Waals surface area contributed by atoms with Crippen LogP contribution in [0.15, 0.2) is 40.9 Å². The zero-order chi connectivity index (χ0) is 22.0. The number of nitrogens with zero attached hydrogens (tertiary/aromatic N) is 3. The summed E-state index contributed by atoms with van der Waals surface area (Å²) in [5.74, 6) is -0.347. The molecule has 31 heavy (non-hydrogen) atoms. The smallest absolute Gasteiger partial charge is 0.337 e. The number of anilines is 2. The SMILES string of the molecule is CSNc1cc(-c2nc(-c3ccc(C(=O)O)c(Cl)c3)no2)ccc1N1CCCCC1C. The van der Waals surface area contributed by atoms with E-state index in [1.807, 2.05) is 18.4 Å². The second kappa shape index (κ2) is 9.20. The van der Waals surface area contributed by atoms with Crippen molar-refractivity contribution in [1.29, 1.82) is 0 Å². The van der Waals surface area contributed by atoms with Crippen LogP contribution in [0.2, 0.25) is 5.02 Å². The normalized spacial score (nSPS) is 16.4. The van der Waals surface area contributed by atoms with E-state index in [2.05, 4.69) is 32.8 Å². The van der Waals surface area contributed by atoms with Crippen molar-refractivity contribution in [2.45, 2.75) is 32.2 Å². The third kappa shape index (κ3) is 4.50. The highest BCUT2D eigenvalue weighted by molar-refractivity contribution is 7.99. The molecule has 0 radical (unpaired) electrons. The Kier molecular flexibility index (Phi) is 6.38. The van der Waals surface area contributed by atoms with E-state index in [1.165, 1.54) is 49.0 Å². The lowest BCUT2D eigenvalue weighted by Crippen LogP contribution is -2.37. The first-order chi connectivity index (χ1) is 15.0. The van der Waals surface area contributed by atoms with Crippen LogP contribution in [-0.4, -0.2) is 40.1 Å². The van der Waals surface area contributed by atoms with E-state index in [-0.39, 0.29) is 10.6 Å². The minimum absolute atomic E-state index is 0.0319. The lowest BCUT2D eigenvalue weighted by Gasteiger charge is -2.36. The highest BCUT2D eigenvalue weighted by atomic mass is 35.5. The third-order valence-electron chi connectivity index (χ3n) is 5.45. The monoisotopic (exact) mass is 458 g/mol. The zero-order valence-corrected chi connectivity index (χ0v) is 18.8. The molecule has 1 aliphatic heterocycles. The molecule has 0 bridgehead atoms. The van der Waals surface area contributed by atoms with Crippen LogP contribution in [0.5, 0.6) is 0 Å². The number of hydrogen-bond donors (Lipinski definition) is 2. The number of piperidine rings is 1. The summed E-state index contributed by atoms with van der Waals surface area (Å²) in [6, 6.07) is 11.2. The number of aromatic nitrogens is 2. The maximum absolute atomic E-state index is 11.2. The number of nitrogens with one attached hydrogen (secondary N) is 1. The largest absolute Gasteiger partial charge is 0.478 e. The van der Waals surface area contributed by atoms with Gasteiger partial charge in [0.2, 0.25) is 5.82 Å². The van der Waals surface area contributed by atoms with Crippen molar-refractivity contribution in [3.8, 4) is 22.8 Å². The van der Waals surface area contributed by atoms with Crippen LogP contribution in [-0.2, 0) is 0 Å². The summed E-state index contributed by atoms with van der Waals surface area (Å²) >= 11 is 7.61. The first kappa shape index (κ1) is 21.5. The molecule has 2 heterocycles. The number of benzene rings is 2. The minimum atomic E-state index is -1.08. The van der Waals surface area contributed by atoms with Gasteiger partial charge in [0.25, 0.3) is 5.89 Å². The maximum atomic E-state index is 11.2. The number of hydrogen-bond acceptors (Lipinski definition) is 7. The van der Waals surface area contributed by atoms with Crippen LogP contribution < -0.4 is 9.62 Å². The van der Waals surface area contributed by atoms with Gasteiger partial charge in [-0.2, -0.15) is 4.98 Å². The van der Waals surface area contributed by atoms with Crippen LogP contribution in [0.1, 0.15) is 36.5 Å². The number of halogens is 1. The van der Waals surface area contributed by atoms with Crippen LogP contribution in [0.4, 0.5) is 11.4 Å². The fourth-order valence-electron chi connectivity index (χ4n) is 3.85. The Labute approximate surface area is 189 Å². The Morgan fingerprint density at radius 1 is 1.26 bits per heavy atom. The molecule has 0 aliphatic carbocycles. The molecule has 0 saturated carbocycles. The predicted octanol–water partition coefficient (Wildman–Crippen LogP) is 5.82. The first-order valence-corrected chi connectivity index (χ1v) is 11.6. The quantitative estimate of drug-likeness (QED) is 0.446. The second-order valence-electron chi connectivity index (χ2n) is 7.50. The Hall–Kier alpha value is -2.71. The van der Waals surface area contributed by atoms with Gasteiger partial charge in [-0.3, -0.25) is 0 Å². The van der Waals surface area contributed by atoms with Crippen LogP contribution in [0.3, 0.4) is 0 Å². The number of carboxylic acid groups (broad SMARTS) is 1. The Balaban J connectivity index is 1.64. The summed E-state index contributed by atoms with van der Waals surface area (Å²) in [6.45, 7) is 3.31. The highest BCUT2D eigenvalue weighted by Crippen LogP contribution is 2.36. The molecule has 9 heteroatoms. The van der Waals surface area contributed by atoms with Gasteiger partial charge >= 0.3 is 5.97 Å². The van der Waals surface area contributed by atoms with Crippen molar-refractivity contribution in [1.82, 2.24) is 10.1 Å². The number of aromatic carboxylic acids is 1. The number of carbonyl (C=O) groups is 1. The molecule has 4 rings (SSSR count). The van der Waals surface area contributed by atoms with E-state index in [0.29, 0.717) is 23.3 Å². The number of rotatable bonds is 6. The lowest BCUT2D eigenvalue weighted by molar-refractivity contribution is 0.0697. The number of carboxylic acids is 1. The van der Waals surface area contributed by atoms with E-state index in [4.69, 9.17) is 21.2 Å². The van der Waals surface area contributed by atoms with E-state index in [0.717, 1.165) is 17.8 Å². The molecule has 1 aliphatic rings. The Bertz CT molecular complexity index is 1100. The van der Waals surface area contributed by atoms with E-state index >= 15 is 0 Å². The van der Waals surface area contributed by atoms with Gasteiger partial charge in [0.1, 0.15) is 0 Å². The molecular weight excluding hydrogens is 436 g/mol. The van der Waals surface area contributed by atoms with Gasteiger partial charge in [0.05, 0.1) is 22.0 Å². The third-order valence-corrected chi connectivity index (χ3v) is 6.19. The maximum Gasteiger partial charge on any atom is 0.337 e. The lowest BCUT2D eigenvalue weighted by atomic mass is 10.0. The predicted molar refractivity (Wildman–Crippen MR) is 125 cm³/mol. The van der Waals surface area contributed by atoms with Gasteiger partial charge < -0.3 is 19.3 Å². The average Bonchev–Trinajstić information content (AvgIpc) is 3.24. The molecule has 1 fully saturated rings. The molecule has 2 aromatic carbocycles. The van der Waals surface area contributed by atoms with Crippen molar-refractivity contribution in [2.24, 2.45) is 0 Å². The van der Waals surface area contributed by atoms with Gasteiger partial charge in [-0.1, -0.05) is 34.8 Å². The van der Waals surface area contributed by atoms with Crippen LogP contribution >= 0.6 is 23.5 Å². The fraction of sp³-hybridized carbons (Fsp3) is 0.318. The topological polar surface area (TPSA) is 91.5 Å². The van der Waals surface area contributed by atoms with Crippen molar-refractivity contribution >= 4 is 40.9 Å². The van der Waals surface area contributed by atoms with Crippen molar-refractivity contribution in [3.63, 3.8) is 0 Å². The van der Waals surface area contributed by atoms with Crippen LogP contribution in [0.25, 0.3) is 22.8 Å². The molecule has 1 unspecified atom stereocenters. The molecule has 1 aromatic heterocycles. The standard InChI is InChI=1S/C22H23ClN4O3S/c1-13-5-3-4-10-27(13)19-9-7-15(12-18(19)26-31-2)21-24-20(25-30-21)14-6-8-16(22(28)29)17(23)11-14/h6-9,11-13,26H,3-5,10H2,1-2H3,(H,28,29). The summed E-state index contributed by atoms with van der Waals surface area (Å²) in [4.78, 5) is 18.1. The van der Waals surface area contributed by atoms with Gasteiger partial charge in [-0.25, -0.2) is 4.79 Å². The molecule has 7 nitrogen and oxygen atoms in total. The van der Waals surface area contributed by atoms with Crippen molar-refractivity contribution in [2.75, 3.05) is 22.4 Å².